The Morgan fingerprint density at radius 1 is 1.05 bits per heavy atom. The normalized spacial score (nSPS) is 22.3. The molecule has 0 spiro atoms. The molecule has 0 bridgehead atoms. The molecule has 1 aromatic rings. The van der Waals surface area contributed by atoms with Gasteiger partial charge in [-0.15, -0.1) is 0 Å². The lowest BCUT2D eigenvalue weighted by Gasteiger charge is -2.37. The molecule has 1 aliphatic heterocycles. The Bertz CT molecular complexity index is 508. The highest BCUT2D eigenvalue weighted by atomic mass is 16.1. The minimum absolute atomic E-state index is 0.185. The number of carbonyl (C=O) groups is 1. The molecule has 0 unspecified atom stereocenters. The quantitative estimate of drug-likeness (QED) is 0.777. The molecule has 1 saturated carbocycles. The van der Waals surface area contributed by atoms with Crippen LogP contribution in [0, 0.1) is 13.8 Å². The van der Waals surface area contributed by atoms with Gasteiger partial charge in [0.2, 0.25) is 0 Å². The third-order valence-electron chi connectivity index (χ3n) is 5.20. The summed E-state index contributed by atoms with van der Waals surface area (Å²) in [5.74, 6) is 0.387. The maximum atomic E-state index is 13.3. The second kappa shape index (κ2) is 5.33. The van der Waals surface area contributed by atoms with Crippen molar-refractivity contribution in [1.29, 1.82) is 0 Å². The Labute approximate surface area is 122 Å². The van der Waals surface area contributed by atoms with Gasteiger partial charge in [0.1, 0.15) is 0 Å². The van der Waals surface area contributed by atoms with E-state index in [4.69, 9.17) is 0 Å². The minimum atomic E-state index is -0.185. The number of Topliss-reactive ketones (excluding diaryl/α,β-unsaturated/α-hetero) is 1. The van der Waals surface area contributed by atoms with Gasteiger partial charge in [-0.3, -0.25) is 9.69 Å². The summed E-state index contributed by atoms with van der Waals surface area (Å²) in [4.78, 5) is 15.8. The van der Waals surface area contributed by atoms with E-state index in [-0.39, 0.29) is 5.54 Å². The van der Waals surface area contributed by atoms with Gasteiger partial charge in [0.15, 0.2) is 5.78 Å². The van der Waals surface area contributed by atoms with Crippen molar-refractivity contribution < 1.29 is 4.79 Å². The van der Waals surface area contributed by atoms with Crippen molar-refractivity contribution in [3.05, 3.63) is 34.9 Å². The van der Waals surface area contributed by atoms with Crippen molar-refractivity contribution in [3.63, 3.8) is 0 Å². The molecule has 1 heterocycles. The van der Waals surface area contributed by atoms with Crippen molar-refractivity contribution >= 4 is 5.78 Å². The van der Waals surface area contributed by atoms with Gasteiger partial charge in [-0.2, -0.15) is 0 Å². The van der Waals surface area contributed by atoms with Crippen LogP contribution in [0.1, 0.15) is 60.0 Å². The van der Waals surface area contributed by atoms with Crippen molar-refractivity contribution in [2.45, 2.75) is 57.9 Å². The molecule has 0 amide bonds. The van der Waals surface area contributed by atoms with Gasteiger partial charge in [-0.05, 0) is 64.3 Å². The van der Waals surface area contributed by atoms with Crippen LogP contribution < -0.4 is 0 Å². The fraction of sp³-hybridized carbons (Fsp3) is 0.611. The molecule has 2 nitrogen and oxygen atoms in total. The molecule has 20 heavy (non-hydrogen) atoms. The average Bonchev–Trinajstić information content (AvgIpc) is 3.11. The molecule has 1 saturated heterocycles. The summed E-state index contributed by atoms with van der Waals surface area (Å²) in [5.41, 5.74) is 3.09. The van der Waals surface area contributed by atoms with Crippen LogP contribution in [0.3, 0.4) is 0 Å². The smallest absolute Gasteiger partial charge is 0.183 e. The number of hydrogen-bond donors (Lipinski definition) is 0. The van der Waals surface area contributed by atoms with Gasteiger partial charge in [-0.1, -0.05) is 30.5 Å². The van der Waals surface area contributed by atoms with Crippen LogP contribution in [0.2, 0.25) is 0 Å². The van der Waals surface area contributed by atoms with Crippen molar-refractivity contribution in [3.8, 4) is 0 Å². The van der Waals surface area contributed by atoms with E-state index in [1.807, 2.05) is 0 Å². The maximum Gasteiger partial charge on any atom is 0.183 e. The molecule has 0 atom stereocenters. The Morgan fingerprint density at radius 2 is 1.70 bits per heavy atom. The highest BCUT2D eigenvalue weighted by molar-refractivity contribution is 6.04. The summed E-state index contributed by atoms with van der Waals surface area (Å²) in [6.45, 7) is 6.36. The van der Waals surface area contributed by atoms with Gasteiger partial charge in [0.25, 0.3) is 0 Å². The van der Waals surface area contributed by atoms with Gasteiger partial charge in [0, 0.05) is 5.56 Å². The summed E-state index contributed by atoms with van der Waals surface area (Å²) >= 11 is 0. The van der Waals surface area contributed by atoms with E-state index in [0.717, 1.165) is 37.1 Å². The number of aryl methyl sites for hydroxylation is 2. The zero-order valence-corrected chi connectivity index (χ0v) is 12.7. The van der Waals surface area contributed by atoms with E-state index in [1.165, 1.54) is 31.2 Å². The third kappa shape index (κ3) is 2.20. The summed E-state index contributed by atoms with van der Waals surface area (Å²) < 4.78 is 0. The summed E-state index contributed by atoms with van der Waals surface area (Å²) in [6, 6.07) is 6.28. The molecule has 1 aromatic carbocycles. The standard InChI is InChI=1S/C18H25NO/c1-14-7-8-15(2)16(13-14)17(20)18(9-3-4-10-18)19-11-5-6-12-19/h7-8,13H,3-6,9-12H2,1-2H3. The largest absolute Gasteiger partial charge is 0.292 e. The minimum Gasteiger partial charge on any atom is -0.292 e. The first-order valence-corrected chi connectivity index (χ1v) is 8.01. The van der Waals surface area contributed by atoms with E-state index < -0.39 is 0 Å². The highest BCUT2D eigenvalue weighted by Gasteiger charge is 2.47. The molecule has 0 aromatic heterocycles. The Balaban J connectivity index is 1.99. The summed E-state index contributed by atoms with van der Waals surface area (Å²) in [6.07, 6.45) is 7.02. The highest BCUT2D eigenvalue weighted by Crippen LogP contribution is 2.40. The van der Waals surface area contributed by atoms with Crippen molar-refractivity contribution in [2.24, 2.45) is 0 Å². The number of benzene rings is 1. The molecule has 1 aliphatic carbocycles. The van der Waals surface area contributed by atoms with Crippen LogP contribution in [-0.2, 0) is 0 Å². The fourth-order valence-corrected chi connectivity index (χ4v) is 4.02. The lowest BCUT2D eigenvalue weighted by molar-refractivity contribution is 0.0625. The zero-order valence-electron chi connectivity index (χ0n) is 12.7. The van der Waals surface area contributed by atoms with Crippen LogP contribution in [-0.4, -0.2) is 29.3 Å². The Kier molecular flexibility index (Phi) is 3.68. The zero-order chi connectivity index (χ0) is 14.2. The van der Waals surface area contributed by atoms with Gasteiger partial charge in [-0.25, -0.2) is 0 Å². The van der Waals surface area contributed by atoms with E-state index in [1.54, 1.807) is 0 Å². The third-order valence-corrected chi connectivity index (χ3v) is 5.20. The molecule has 2 fully saturated rings. The Morgan fingerprint density at radius 3 is 2.35 bits per heavy atom. The molecular weight excluding hydrogens is 246 g/mol. The van der Waals surface area contributed by atoms with Crippen LogP contribution in [0.25, 0.3) is 0 Å². The predicted molar refractivity (Wildman–Crippen MR) is 82.3 cm³/mol. The van der Waals surface area contributed by atoms with E-state index in [2.05, 4.69) is 36.9 Å². The maximum absolute atomic E-state index is 13.3. The lowest BCUT2D eigenvalue weighted by Crippen LogP contribution is -2.51. The first-order chi connectivity index (χ1) is 9.63. The lowest BCUT2D eigenvalue weighted by atomic mass is 9.84. The van der Waals surface area contributed by atoms with E-state index in [9.17, 15) is 4.79 Å². The molecule has 108 valence electrons. The second-order valence-electron chi connectivity index (χ2n) is 6.58. The fourth-order valence-electron chi connectivity index (χ4n) is 4.02. The van der Waals surface area contributed by atoms with Crippen LogP contribution in [0.4, 0.5) is 0 Å². The number of nitrogens with zero attached hydrogens (tertiary/aromatic N) is 1. The van der Waals surface area contributed by atoms with Crippen LogP contribution >= 0.6 is 0 Å². The van der Waals surface area contributed by atoms with Gasteiger partial charge < -0.3 is 0 Å². The van der Waals surface area contributed by atoms with E-state index >= 15 is 0 Å². The topological polar surface area (TPSA) is 20.3 Å². The molecule has 0 N–H and O–H groups in total. The molecule has 0 radical (unpaired) electrons. The molecule has 2 aliphatic rings. The number of ketones is 1. The monoisotopic (exact) mass is 271 g/mol. The molecule has 2 heteroatoms. The first-order valence-electron chi connectivity index (χ1n) is 8.01. The second-order valence-corrected chi connectivity index (χ2v) is 6.58. The predicted octanol–water partition coefficient (Wildman–Crippen LogP) is 3.89. The number of rotatable bonds is 3. The number of likely N-dealkylation sites (tertiary alicyclic amines) is 1. The van der Waals surface area contributed by atoms with Crippen LogP contribution in [0.15, 0.2) is 18.2 Å². The van der Waals surface area contributed by atoms with Gasteiger partial charge >= 0.3 is 0 Å². The van der Waals surface area contributed by atoms with E-state index in [0.29, 0.717) is 5.78 Å². The Hall–Kier alpha value is -1.15. The van der Waals surface area contributed by atoms with Crippen molar-refractivity contribution in [1.82, 2.24) is 4.90 Å². The first kappa shape index (κ1) is 13.8. The number of carbonyl (C=O) groups excluding carboxylic acids is 1. The number of hydrogen-bond acceptors (Lipinski definition) is 2. The SMILES string of the molecule is Cc1ccc(C)c(C(=O)C2(N3CCCC3)CCCC2)c1. The van der Waals surface area contributed by atoms with Crippen LogP contribution in [0.5, 0.6) is 0 Å². The van der Waals surface area contributed by atoms with Gasteiger partial charge in [0.05, 0.1) is 5.54 Å². The average molecular weight is 271 g/mol. The summed E-state index contributed by atoms with van der Waals surface area (Å²) in [7, 11) is 0. The summed E-state index contributed by atoms with van der Waals surface area (Å²) in [5, 5.41) is 0. The molecule has 3 rings (SSSR count). The van der Waals surface area contributed by atoms with Crippen molar-refractivity contribution in [2.75, 3.05) is 13.1 Å². The molecular formula is C18H25NO.